The van der Waals surface area contributed by atoms with Gasteiger partial charge in [-0.05, 0) is 181 Å². The summed E-state index contributed by atoms with van der Waals surface area (Å²) in [6, 6.07) is 73.5. The van der Waals surface area contributed by atoms with Crippen molar-refractivity contribution in [3.8, 4) is 78.3 Å². The minimum atomic E-state index is 0.839. The largest absolute Gasteiger partial charge is 0.255 e. The molecule has 2 aromatic heterocycles. The standard InChI is InChI=1S/C68H52N2/c1-41-37-43(3)62(44(4)38-41)66-56-21-11-7-17-52(56)64(53-18-8-12-22-57(53)66)48-28-26-47(27-29-48)51-34-35-61(60-25-15-16-36-69-60)70-68(51)50-32-30-49(31-33-50)65-54-19-9-13-23-58(54)67(59-24-14-10-20-55(59)65)63-45(5)39-42(2)40-46(63)6/h7-40H,1-6H3. The Balaban J connectivity index is 0.995. The molecular formula is C68H52N2. The van der Waals surface area contributed by atoms with Gasteiger partial charge in [-0.2, -0.15) is 0 Å². The molecular weight excluding hydrogens is 845 g/mol. The summed E-state index contributed by atoms with van der Waals surface area (Å²) in [5.74, 6) is 0. The zero-order chi connectivity index (χ0) is 47.6. The van der Waals surface area contributed by atoms with Crippen LogP contribution in [0.4, 0.5) is 0 Å². The Kier molecular flexibility index (Phi) is 10.6. The van der Waals surface area contributed by atoms with Gasteiger partial charge in [-0.25, -0.2) is 4.98 Å². The van der Waals surface area contributed by atoms with Crippen molar-refractivity contribution in [3.05, 3.63) is 240 Å². The van der Waals surface area contributed by atoms with Crippen LogP contribution in [0, 0.1) is 41.5 Å². The van der Waals surface area contributed by atoms with Gasteiger partial charge in [0.25, 0.3) is 0 Å². The number of pyridine rings is 2. The number of rotatable bonds is 7. The number of fused-ring (bicyclic) bond motifs is 4. The van der Waals surface area contributed by atoms with Crippen LogP contribution in [-0.2, 0) is 0 Å². The molecule has 0 atom stereocenters. The summed E-state index contributed by atoms with van der Waals surface area (Å²) in [5, 5.41) is 10.1. The first kappa shape index (κ1) is 42.9. The van der Waals surface area contributed by atoms with E-state index in [0.717, 1.165) is 33.8 Å². The van der Waals surface area contributed by atoms with Crippen molar-refractivity contribution in [2.45, 2.75) is 41.5 Å². The van der Waals surface area contributed by atoms with Crippen LogP contribution in [0.5, 0.6) is 0 Å². The molecule has 0 aliphatic carbocycles. The van der Waals surface area contributed by atoms with Crippen LogP contribution in [0.25, 0.3) is 121 Å². The Morgan fingerprint density at radius 3 is 0.986 bits per heavy atom. The lowest BCUT2D eigenvalue weighted by Crippen LogP contribution is -1.96. The van der Waals surface area contributed by atoms with Gasteiger partial charge in [0.2, 0.25) is 0 Å². The van der Waals surface area contributed by atoms with E-state index in [4.69, 9.17) is 9.97 Å². The number of nitrogens with zero attached hydrogens (tertiary/aromatic N) is 2. The van der Waals surface area contributed by atoms with Crippen LogP contribution in [-0.4, -0.2) is 9.97 Å². The Morgan fingerprint density at radius 1 is 0.271 bits per heavy atom. The number of benzene rings is 10. The maximum Gasteiger partial charge on any atom is 0.0894 e. The Hall–Kier alpha value is -8.46. The summed E-state index contributed by atoms with van der Waals surface area (Å²) in [6.07, 6.45) is 1.84. The van der Waals surface area contributed by atoms with Gasteiger partial charge in [0.05, 0.1) is 17.1 Å². The smallest absolute Gasteiger partial charge is 0.0894 e. The molecule has 2 nitrogen and oxygen atoms in total. The van der Waals surface area contributed by atoms with Crippen molar-refractivity contribution >= 4 is 43.1 Å². The maximum atomic E-state index is 5.42. The first-order valence-corrected chi connectivity index (χ1v) is 24.4. The SMILES string of the molecule is Cc1cc(C)c(-c2c3ccccc3c(-c3ccc(-c4ccc(-c5ccccn5)nc4-c4ccc(-c5c6ccccc6c(-c6c(C)cc(C)cc6C)c6ccccc56)cc4)cc3)c3ccccc23)c(C)c1. The van der Waals surface area contributed by atoms with Crippen LogP contribution in [0.15, 0.2) is 206 Å². The molecule has 0 aliphatic heterocycles. The lowest BCUT2D eigenvalue weighted by molar-refractivity contribution is 1.25. The van der Waals surface area contributed by atoms with E-state index < -0.39 is 0 Å². The van der Waals surface area contributed by atoms with Gasteiger partial charge in [0, 0.05) is 17.3 Å². The molecule has 0 aliphatic rings. The zero-order valence-corrected chi connectivity index (χ0v) is 40.5. The quantitative estimate of drug-likeness (QED) is 0.149. The maximum absolute atomic E-state index is 5.42. The number of aromatic nitrogens is 2. The molecule has 12 aromatic rings. The second-order valence-corrected chi connectivity index (χ2v) is 19.2. The summed E-state index contributed by atoms with van der Waals surface area (Å²) in [7, 11) is 0. The van der Waals surface area contributed by atoms with E-state index in [1.54, 1.807) is 0 Å². The molecule has 2 heteroatoms. The minimum absolute atomic E-state index is 0.839. The first-order valence-electron chi connectivity index (χ1n) is 24.4. The molecule has 0 bridgehead atoms. The molecule has 2 heterocycles. The topological polar surface area (TPSA) is 25.8 Å². The minimum Gasteiger partial charge on any atom is -0.255 e. The number of hydrogen-bond donors (Lipinski definition) is 0. The summed E-state index contributed by atoms with van der Waals surface area (Å²) in [5.41, 5.74) is 23.7. The second kappa shape index (κ2) is 17.3. The summed E-state index contributed by atoms with van der Waals surface area (Å²) < 4.78 is 0. The normalized spacial score (nSPS) is 11.6. The van der Waals surface area contributed by atoms with Crippen molar-refractivity contribution in [1.29, 1.82) is 0 Å². The van der Waals surface area contributed by atoms with Gasteiger partial charge in [-0.3, -0.25) is 4.98 Å². The molecule has 10 aromatic carbocycles. The lowest BCUT2D eigenvalue weighted by atomic mass is 9.83. The van der Waals surface area contributed by atoms with E-state index in [2.05, 4.69) is 224 Å². The fourth-order valence-corrected chi connectivity index (χ4v) is 11.7. The van der Waals surface area contributed by atoms with E-state index in [1.165, 1.54) is 121 Å². The highest BCUT2D eigenvalue weighted by Crippen LogP contribution is 2.48. The zero-order valence-electron chi connectivity index (χ0n) is 40.5. The fraction of sp³-hybridized carbons (Fsp3) is 0.0882. The van der Waals surface area contributed by atoms with Crippen molar-refractivity contribution in [2.75, 3.05) is 0 Å². The molecule has 0 amide bonds. The lowest BCUT2D eigenvalue weighted by Gasteiger charge is -2.21. The molecule has 0 saturated carbocycles. The molecule has 0 N–H and O–H groups in total. The average molecular weight is 897 g/mol. The van der Waals surface area contributed by atoms with Gasteiger partial charge >= 0.3 is 0 Å². The molecule has 70 heavy (non-hydrogen) atoms. The monoisotopic (exact) mass is 896 g/mol. The second-order valence-electron chi connectivity index (χ2n) is 19.2. The Bertz CT molecular complexity index is 3870. The molecule has 334 valence electrons. The summed E-state index contributed by atoms with van der Waals surface area (Å²) in [6.45, 7) is 13.4. The van der Waals surface area contributed by atoms with Crippen LogP contribution < -0.4 is 0 Å². The van der Waals surface area contributed by atoms with Gasteiger partial charge in [-0.1, -0.05) is 187 Å². The van der Waals surface area contributed by atoms with Crippen molar-refractivity contribution in [2.24, 2.45) is 0 Å². The van der Waals surface area contributed by atoms with Gasteiger partial charge in [-0.15, -0.1) is 0 Å². The third-order valence-corrected chi connectivity index (χ3v) is 14.5. The molecule has 12 rings (SSSR count). The fourth-order valence-electron chi connectivity index (χ4n) is 11.7. The third kappa shape index (κ3) is 7.18. The van der Waals surface area contributed by atoms with Crippen LogP contribution in [0.2, 0.25) is 0 Å². The highest BCUT2D eigenvalue weighted by atomic mass is 14.8. The predicted octanol–water partition coefficient (Wildman–Crippen LogP) is 18.6. The highest BCUT2D eigenvalue weighted by Gasteiger charge is 2.22. The molecule has 0 spiro atoms. The predicted molar refractivity (Wildman–Crippen MR) is 299 cm³/mol. The van der Waals surface area contributed by atoms with Crippen molar-refractivity contribution < 1.29 is 0 Å². The highest BCUT2D eigenvalue weighted by molar-refractivity contribution is 6.23. The van der Waals surface area contributed by atoms with E-state index in [9.17, 15) is 0 Å². The van der Waals surface area contributed by atoms with Crippen LogP contribution in [0.1, 0.15) is 33.4 Å². The summed E-state index contributed by atoms with van der Waals surface area (Å²) in [4.78, 5) is 10.1. The van der Waals surface area contributed by atoms with Gasteiger partial charge in [0.15, 0.2) is 0 Å². The van der Waals surface area contributed by atoms with E-state index >= 15 is 0 Å². The molecule has 0 saturated heterocycles. The first-order chi connectivity index (χ1) is 34.2. The van der Waals surface area contributed by atoms with E-state index in [1.807, 2.05) is 24.4 Å². The molecule has 0 unspecified atom stereocenters. The van der Waals surface area contributed by atoms with Crippen molar-refractivity contribution in [1.82, 2.24) is 9.97 Å². The van der Waals surface area contributed by atoms with Crippen molar-refractivity contribution in [3.63, 3.8) is 0 Å². The number of hydrogen-bond acceptors (Lipinski definition) is 2. The Morgan fingerprint density at radius 2 is 0.614 bits per heavy atom. The van der Waals surface area contributed by atoms with Gasteiger partial charge < -0.3 is 0 Å². The molecule has 0 radical (unpaired) electrons. The number of aryl methyl sites for hydroxylation is 6. The molecule has 0 fully saturated rings. The van der Waals surface area contributed by atoms with Gasteiger partial charge in [0.1, 0.15) is 0 Å². The Labute approximate surface area is 410 Å². The van der Waals surface area contributed by atoms with E-state index in [-0.39, 0.29) is 0 Å². The third-order valence-electron chi connectivity index (χ3n) is 14.5. The average Bonchev–Trinajstić information content (AvgIpc) is 3.38. The van der Waals surface area contributed by atoms with Crippen LogP contribution in [0.3, 0.4) is 0 Å². The summed E-state index contributed by atoms with van der Waals surface area (Å²) >= 11 is 0. The van der Waals surface area contributed by atoms with Crippen LogP contribution >= 0.6 is 0 Å². The van der Waals surface area contributed by atoms with E-state index in [0.29, 0.717) is 0 Å².